The number of carboxylic acid groups (broad SMARTS) is 1. The highest BCUT2D eigenvalue weighted by molar-refractivity contribution is 5.82. The number of H-pyrrole nitrogens is 1. The number of hydrogen-bond donors (Lipinski definition) is 2. The number of hydrogen-bond acceptors (Lipinski definition) is 3. The average Bonchev–Trinajstić information content (AvgIpc) is 2.70. The van der Waals surface area contributed by atoms with E-state index in [-0.39, 0.29) is 11.2 Å². The van der Waals surface area contributed by atoms with E-state index < -0.39 is 11.7 Å². The number of carboxylic acids is 1. The van der Waals surface area contributed by atoms with Gasteiger partial charge >= 0.3 is 11.7 Å². The molecular formula is C13H15N3O3. The molecule has 0 fully saturated rings. The van der Waals surface area contributed by atoms with Gasteiger partial charge in [-0.1, -0.05) is 32.9 Å². The van der Waals surface area contributed by atoms with Crippen LogP contribution in [0, 0.1) is 0 Å². The molecule has 100 valence electrons. The highest BCUT2D eigenvalue weighted by Gasteiger charge is 2.15. The van der Waals surface area contributed by atoms with Gasteiger partial charge in [-0.15, -0.1) is 5.10 Å². The van der Waals surface area contributed by atoms with Crippen LogP contribution < -0.4 is 5.69 Å². The quantitative estimate of drug-likeness (QED) is 0.858. The minimum atomic E-state index is -1.26. The maximum Gasteiger partial charge on any atom is 0.373 e. The van der Waals surface area contributed by atoms with Crippen molar-refractivity contribution in [3.05, 3.63) is 46.1 Å². The van der Waals surface area contributed by atoms with Crippen molar-refractivity contribution in [2.45, 2.75) is 26.2 Å². The molecule has 0 aliphatic carbocycles. The maximum atomic E-state index is 11.6. The molecule has 0 aliphatic rings. The number of aromatic amines is 1. The van der Waals surface area contributed by atoms with Crippen molar-refractivity contribution in [2.75, 3.05) is 0 Å². The monoisotopic (exact) mass is 261 g/mol. The zero-order valence-electron chi connectivity index (χ0n) is 11.0. The summed E-state index contributed by atoms with van der Waals surface area (Å²) >= 11 is 0. The molecule has 2 rings (SSSR count). The first-order valence-corrected chi connectivity index (χ1v) is 5.82. The van der Waals surface area contributed by atoms with Crippen LogP contribution in [0.5, 0.6) is 0 Å². The van der Waals surface area contributed by atoms with Gasteiger partial charge in [-0.25, -0.2) is 9.59 Å². The molecule has 6 nitrogen and oxygen atoms in total. The smallest absolute Gasteiger partial charge is 0.373 e. The Morgan fingerprint density at radius 3 is 2.26 bits per heavy atom. The Kier molecular flexibility index (Phi) is 3.01. The molecule has 0 saturated carbocycles. The lowest BCUT2D eigenvalue weighted by molar-refractivity contribution is 0.0683. The van der Waals surface area contributed by atoms with Gasteiger partial charge in [0, 0.05) is 0 Å². The van der Waals surface area contributed by atoms with E-state index in [1.165, 1.54) is 0 Å². The van der Waals surface area contributed by atoms with Crippen LogP contribution in [0.3, 0.4) is 0 Å². The predicted octanol–water partition coefficient (Wildman–Crippen LogP) is 1.56. The Morgan fingerprint density at radius 2 is 1.84 bits per heavy atom. The van der Waals surface area contributed by atoms with Gasteiger partial charge in [0.15, 0.2) is 0 Å². The molecule has 0 unspecified atom stereocenters. The highest BCUT2D eigenvalue weighted by atomic mass is 16.4. The molecule has 0 saturated heterocycles. The van der Waals surface area contributed by atoms with Crippen molar-refractivity contribution in [2.24, 2.45) is 0 Å². The molecule has 0 amide bonds. The summed E-state index contributed by atoms with van der Waals surface area (Å²) in [4.78, 5) is 24.5. The van der Waals surface area contributed by atoms with Gasteiger partial charge in [-0.05, 0) is 23.1 Å². The minimum Gasteiger partial charge on any atom is -0.475 e. The first kappa shape index (κ1) is 13.1. The van der Waals surface area contributed by atoms with Crippen LogP contribution in [-0.2, 0) is 5.41 Å². The summed E-state index contributed by atoms with van der Waals surface area (Å²) in [5, 5.41) is 12.5. The number of carbonyl (C=O) groups is 1. The van der Waals surface area contributed by atoms with Crippen molar-refractivity contribution in [3.8, 4) is 5.69 Å². The molecular weight excluding hydrogens is 246 g/mol. The van der Waals surface area contributed by atoms with Gasteiger partial charge in [0.25, 0.3) is 0 Å². The van der Waals surface area contributed by atoms with Crippen LogP contribution >= 0.6 is 0 Å². The van der Waals surface area contributed by atoms with Gasteiger partial charge in [-0.3, -0.25) is 4.98 Å². The Bertz CT molecular complexity index is 660. The van der Waals surface area contributed by atoms with Crippen LogP contribution in [0.25, 0.3) is 5.69 Å². The molecule has 6 heteroatoms. The lowest BCUT2D eigenvalue weighted by atomic mass is 9.87. The van der Waals surface area contributed by atoms with Gasteiger partial charge < -0.3 is 5.11 Å². The van der Waals surface area contributed by atoms with Gasteiger partial charge in [-0.2, -0.15) is 4.68 Å². The van der Waals surface area contributed by atoms with Crippen LogP contribution in [0.1, 0.15) is 37.0 Å². The van der Waals surface area contributed by atoms with E-state index in [1.807, 2.05) is 12.1 Å². The van der Waals surface area contributed by atoms with Gasteiger partial charge in [0.1, 0.15) is 0 Å². The van der Waals surface area contributed by atoms with Gasteiger partial charge in [0.2, 0.25) is 5.82 Å². The second-order valence-electron chi connectivity index (χ2n) is 5.29. The molecule has 1 aromatic heterocycles. The number of benzene rings is 1. The Hall–Kier alpha value is -2.37. The third-order valence-corrected chi connectivity index (χ3v) is 2.80. The van der Waals surface area contributed by atoms with Crippen molar-refractivity contribution < 1.29 is 9.90 Å². The second-order valence-corrected chi connectivity index (χ2v) is 5.29. The number of rotatable bonds is 2. The van der Waals surface area contributed by atoms with E-state index in [9.17, 15) is 9.59 Å². The lowest BCUT2D eigenvalue weighted by Crippen LogP contribution is -2.16. The zero-order valence-corrected chi connectivity index (χ0v) is 11.0. The highest BCUT2D eigenvalue weighted by Crippen LogP contribution is 2.22. The molecule has 2 aromatic rings. The van der Waals surface area contributed by atoms with E-state index >= 15 is 0 Å². The van der Waals surface area contributed by atoms with Crippen molar-refractivity contribution in [3.63, 3.8) is 0 Å². The lowest BCUT2D eigenvalue weighted by Gasteiger charge is -2.18. The molecule has 0 bridgehead atoms. The van der Waals surface area contributed by atoms with Crippen LogP contribution in [0.15, 0.2) is 29.1 Å². The van der Waals surface area contributed by atoms with E-state index in [4.69, 9.17) is 5.11 Å². The Balaban J connectivity index is 2.43. The molecule has 1 aromatic carbocycles. The van der Waals surface area contributed by atoms with E-state index in [0.29, 0.717) is 5.69 Å². The third-order valence-electron chi connectivity index (χ3n) is 2.80. The standard InChI is InChI=1S/C13H15N3O3/c1-13(2,3)8-4-6-9(7-5-8)16-12(19)14-10(15-16)11(17)18/h4-7H,1-3H3,(H,17,18)(H,14,15,19). The molecule has 19 heavy (non-hydrogen) atoms. The van der Waals surface area contributed by atoms with Crippen LogP contribution in [0.4, 0.5) is 0 Å². The zero-order chi connectivity index (χ0) is 14.2. The van der Waals surface area contributed by atoms with E-state index in [1.54, 1.807) is 12.1 Å². The average molecular weight is 261 g/mol. The predicted molar refractivity (Wildman–Crippen MR) is 69.8 cm³/mol. The summed E-state index contributed by atoms with van der Waals surface area (Å²) in [6.45, 7) is 6.27. The van der Waals surface area contributed by atoms with Crippen molar-refractivity contribution >= 4 is 5.97 Å². The maximum absolute atomic E-state index is 11.6. The summed E-state index contributed by atoms with van der Waals surface area (Å²) in [5.41, 5.74) is 1.10. The summed E-state index contributed by atoms with van der Waals surface area (Å²) in [7, 11) is 0. The first-order chi connectivity index (χ1) is 8.79. The number of aromatic carboxylic acids is 1. The molecule has 2 N–H and O–H groups in total. The number of nitrogens with zero attached hydrogens (tertiary/aromatic N) is 2. The summed E-state index contributed by atoms with van der Waals surface area (Å²) in [6.07, 6.45) is 0. The fraction of sp³-hybridized carbons (Fsp3) is 0.308. The summed E-state index contributed by atoms with van der Waals surface area (Å²) in [5.74, 6) is -1.63. The topological polar surface area (TPSA) is 88.0 Å². The molecule has 0 radical (unpaired) electrons. The fourth-order valence-corrected chi connectivity index (χ4v) is 1.70. The number of nitrogens with one attached hydrogen (secondary N) is 1. The van der Waals surface area contributed by atoms with Gasteiger partial charge in [0.05, 0.1) is 5.69 Å². The minimum absolute atomic E-state index is 0.0152. The molecule has 1 heterocycles. The fourth-order valence-electron chi connectivity index (χ4n) is 1.70. The molecule has 0 spiro atoms. The molecule has 0 aliphatic heterocycles. The van der Waals surface area contributed by atoms with E-state index in [2.05, 4.69) is 30.9 Å². The van der Waals surface area contributed by atoms with Crippen LogP contribution in [-0.4, -0.2) is 25.8 Å². The largest absolute Gasteiger partial charge is 0.475 e. The van der Waals surface area contributed by atoms with Crippen molar-refractivity contribution in [1.29, 1.82) is 0 Å². The molecule has 0 atom stereocenters. The number of aromatic nitrogens is 3. The second kappa shape index (κ2) is 4.38. The van der Waals surface area contributed by atoms with Crippen molar-refractivity contribution in [1.82, 2.24) is 14.8 Å². The normalized spacial score (nSPS) is 11.5. The Labute approximate surface area is 109 Å². The van der Waals surface area contributed by atoms with E-state index in [0.717, 1.165) is 10.2 Å². The summed E-state index contributed by atoms with van der Waals surface area (Å²) in [6, 6.07) is 7.29. The third kappa shape index (κ3) is 2.57. The SMILES string of the molecule is CC(C)(C)c1ccc(-n2nc(C(=O)O)[nH]c2=O)cc1. The summed E-state index contributed by atoms with van der Waals surface area (Å²) < 4.78 is 1.04. The Morgan fingerprint density at radius 1 is 1.26 bits per heavy atom. The first-order valence-electron chi connectivity index (χ1n) is 5.82. The van der Waals surface area contributed by atoms with Crippen LogP contribution in [0.2, 0.25) is 0 Å².